The minimum atomic E-state index is -1.07. The number of carbonyl (C=O) groups excluding carboxylic acids is 2. The monoisotopic (exact) mass is 483 g/mol. The third-order valence-electron chi connectivity index (χ3n) is 5.35. The number of ether oxygens (including phenoxy) is 1. The van der Waals surface area contributed by atoms with E-state index in [1.807, 2.05) is 13.8 Å². The van der Waals surface area contributed by atoms with Crippen LogP contribution in [-0.2, 0) is 9.59 Å². The molecule has 2 aromatic carbocycles. The molecule has 2 heterocycles. The van der Waals surface area contributed by atoms with Crippen LogP contribution < -0.4 is 9.64 Å². The number of aliphatic hydroxyl groups is 1. The number of furan rings is 1. The van der Waals surface area contributed by atoms with Crippen molar-refractivity contribution in [3.8, 4) is 5.75 Å². The zero-order chi connectivity index (χ0) is 24.6. The Morgan fingerprint density at radius 1 is 1.18 bits per heavy atom. The fraction of sp³-hybridized carbons (Fsp3) is 0.231. The van der Waals surface area contributed by atoms with E-state index in [9.17, 15) is 19.1 Å². The summed E-state index contributed by atoms with van der Waals surface area (Å²) in [4.78, 5) is 27.4. The van der Waals surface area contributed by atoms with Gasteiger partial charge in [-0.15, -0.1) is 0 Å². The van der Waals surface area contributed by atoms with E-state index in [1.165, 1.54) is 12.1 Å². The molecule has 1 unspecified atom stereocenters. The molecule has 1 aliphatic rings. The fourth-order valence-electron chi connectivity index (χ4n) is 3.75. The van der Waals surface area contributed by atoms with Crippen molar-refractivity contribution in [2.24, 2.45) is 5.92 Å². The average molecular weight is 484 g/mol. The van der Waals surface area contributed by atoms with Crippen molar-refractivity contribution in [2.45, 2.75) is 26.8 Å². The maximum absolute atomic E-state index is 13.8. The summed E-state index contributed by atoms with van der Waals surface area (Å²) in [6.07, 6.45) is 0. The molecule has 0 saturated carbocycles. The Hall–Kier alpha value is -3.58. The first-order valence-corrected chi connectivity index (χ1v) is 11.1. The van der Waals surface area contributed by atoms with Gasteiger partial charge in [0.15, 0.2) is 0 Å². The highest BCUT2D eigenvalue weighted by atomic mass is 35.5. The van der Waals surface area contributed by atoms with Crippen molar-refractivity contribution in [2.75, 3.05) is 11.5 Å². The molecule has 1 saturated heterocycles. The van der Waals surface area contributed by atoms with Crippen LogP contribution in [0.3, 0.4) is 0 Å². The van der Waals surface area contributed by atoms with Gasteiger partial charge in [0.05, 0.1) is 17.2 Å². The van der Waals surface area contributed by atoms with E-state index < -0.39 is 23.5 Å². The number of aliphatic hydroxyl groups excluding tert-OH is 1. The summed E-state index contributed by atoms with van der Waals surface area (Å²) >= 11 is 5.94. The van der Waals surface area contributed by atoms with Crippen LogP contribution in [0, 0.1) is 18.7 Å². The number of nitrogens with zero attached hydrogens (tertiary/aromatic N) is 1. The van der Waals surface area contributed by atoms with E-state index in [-0.39, 0.29) is 27.8 Å². The number of aryl methyl sites for hydroxylation is 1. The number of rotatable bonds is 6. The summed E-state index contributed by atoms with van der Waals surface area (Å²) in [7, 11) is 0. The number of carbonyl (C=O) groups is 2. The molecule has 34 heavy (non-hydrogen) atoms. The fourth-order valence-corrected chi connectivity index (χ4v) is 3.93. The molecule has 1 atom stereocenters. The van der Waals surface area contributed by atoms with E-state index in [1.54, 1.807) is 43.3 Å². The lowest BCUT2D eigenvalue weighted by atomic mass is 9.99. The minimum absolute atomic E-state index is 0.152. The maximum Gasteiger partial charge on any atom is 0.300 e. The number of hydrogen-bond donors (Lipinski definition) is 1. The van der Waals surface area contributed by atoms with E-state index in [0.29, 0.717) is 29.6 Å². The van der Waals surface area contributed by atoms with Crippen LogP contribution in [0.25, 0.3) is 5.76 Å². The van der Waals surface area contributed by atoms with Crippen molar-refractivity contribution in [1.29, 1.82) is 0 Å². The number of Topliss-reactive ketones (excluding diaryl/α,β-unsaturated/α-hetero) is 1. The predicted molar refractivity (Wildman–Crippen MR) is 126 cm³/mol. The second-order valence-electron chi connectivity index (χ2n) is 8.45. The molecule has 4 rings (SSSR count). The first-order valence-electron chi connectivity index (χ1n) is 10.7. The number of hydrogen-bond acceptors (Lipinski definition) is 5. The summed E-state index contributed by atoms with van der Waals surface area (Å²) in [5.74, 6) is -1.18. The van der Waals surface area contributed by atoms with Gasteiger partial charge >= 0.3 is 0 Å². The Bertz CT molecular complexity index is 1300. The Kier molecular flexibility index (Phi) is 6.48. The summed E-state index contributed by atoms with van der Waals surface area (Å²) in [6.45, 7) is 6.22. The van der Waals surface area contributed by atoms with Crippen LogP contribution in [0.15, 0.2) is 64.6 Å². The van der Waals surface area contributed by atoms with E-state index in [4.69, 9.17) is 20.8 Å². The Labute approximate surface area is 201 Å². The average Bonchev–Trinajstić information content (AvgIpc) is 3.35. The lowest BCUT2D eigenvalue weighted by Crippen LogP contribution is -2.29. The number of anilines is 1. The molecule has 6 nitrogen and oxygen atoms in total. The van der Waals surface area contributed by atoms with Gasteiger partial charge in [-0.05, 0) is 55.3 Å². The van der Waals surface area contributed by atoms with Crippen LogP contribution in [0.2, 0.25) is 5.02 Å². The first kappa shape index (κ1) is 23.6. The molecule has 0 aliphatic carbocycles. The molecule has 0 bridgehead atoms. The topological polar surface area (TPSA) is 80.0 Å². The highest BCUT2D eigenvalue weighted by Gasteiger charge is 2.48. The van der Waals surface area contributed by atoms with Crippen LogP contribution in [0.1, 0.15) is 37.0 Å². The summed E-state index contributed by atoms with van der Waals surface area (Å²) < 4.78 is 25.3. The molecular weight excluding hydrogens is 461 g/mol. The lowest BCUT2D eigenvalue weighted by molar-refractivity contribution is -0.132. The highest BCUT2D eigenvalue weighted by molar-refractivity contribution is 6.51. The molecule has 1 N–H and O–H groups in total. The quantitative estimate of drug-likeness (QED) is 0.262. The van der Waals surface area contributed by atoms with Crippen LogP contribution >= 0.6 is 11.6 Å². The molecule has 1 amide bonds. The van der Waals surface area contributed by atoms with Crippen molar-refractivity contribution >= 4 is 34.7 Å². The van der Waals surface area contributed by atoms with E-state index in [2.05, 4.69) is 0 Å². The second-order valence-corrected chi connectivity index (χ2v) is 8.86. The molecule has 176 valence electrons. The Morgan fingerprint density at radius 2 is 1.94 bits per heavy atom. The van der Waals surface area contributed by atoms with Gasteiger partial charge in [-0.3, -0.25) is 14.5 Å². The molecule has 1 aliphatic heterocycles. The normalized spacial score (nSPS) is 17.6. The molecular formula is C26H23ClFNO5. The highest BCUT2D eigenvalue weighted by Crippen LogP contribution is 2.43. The number of amides is 1. The lowest BCUT2D eigenvalue weighted by Gasteiger charge is -2.23. The number of halogens is 2. The molecule has 0 radical (unpaired) electrons. The van der Waals surface area contributed by atoms with Gasteiger partial charge in [-0.25, -0.2) is 4.39 Å². The van der Waals surface area contributed by atoms with Gasteiger partial charge in [0, 0.05) is 11.3 Å². The van der Waals surface area contributed by atoms with E-state index >= 15 is 0 Å². The van der Waals surface area contributed by atoms with Crippen molar-refractivity contribution < 1.29 is 28.2 Å². The summed E-state index contributed by atoms with van der Waals surface area (Å²) in [5.41, 5.74) is 0.353. The summed E-state index contributed by atoms with van der Waals surface area (Å²) in [5, 5.41) is 11.0. The Balaban J connectivity index is 1.86. The molecule has 8 heteroatoms. The second kappa shape index (κ2) is 9.35. The Morgan fingerprint density at radius 3 is 2.59 bits per heavy atom. The molecule has 3 aromatic rings. The van der Waals surface area contributed by atoms with Gasteiger partial charge in [0.25, 0.3) is 11.7 Å². The predicted octanol–water partition coefficient (Wildman–Crippen LogP) is 6.04. The van der Waals surface area contributed by atoms with Crippen LogP contribution in [-0.4, -0.2) is 23.4 Å². The van der Waals surface area contributed by atoms with Crippen LogP contribution in [0.4, 0.5) is 10.1 Å². The molecule has 1 fully saturated rings. The third-order valence-corrected chi connectivity index (χ3v) is 5.64. The zero-order valence-electron chi connectivity index (χ0n) is 18.8. The summed E-state index contributed by atoms with van der Waals surface area (Å²) in [6, 6.07) is 12.6. The van der Waals surface area contributed by atoms with Crippen molar-refractivity contribution in [3.05, 3.63) is 88.1 Å². The van der Waals surface area contributed by atoms with Gasteiger partial charge in [0.1, 0.15) is 34.9 Å². The smallest absolute Gasteiger partial charge is 0.300 e. The standard InChI is InChI=1S/C26H23ClFNO5/c1-14(2)13-33-18-6-4-5-16(11-18)24(30)22-23(21-10-7-15(3)34-21)29(26(32)25(22)31)17-8-9-20(28)19(27)12-17/h4-12,14,23,30H,13H2,1-3H3/b24-22-. The van der Waals surface area contributed by atoms with Gasteiger partial charge in [-0.2, -0.15) is 0 Å². The number of ketones is 1. The minimum Gasteiger partial charge on any atom is -0.507 e. The van der Waals surface area contributed by atoms with Crippen molar-refractivity contribution in [1.82, 2.24) is 0 Å². The largest absolute Gasteiger partial charge is 0.507 e. The van der Waals surface area contributed by atoms with Gasteiger partial charge in [-0.1, -0.05) is 37.6 Å². The third kappa shape index (κ3) is 4.43. The molecule has 0 spiro atoms. The van der Waals surface area contributed by atoms with Gasteiger partial charge in [0.2, 0.25) is 0 Å². The van der Waals surface area contributed by atoms with Crippen LogP contribution in [0.5, 0.6) is 5.75 Å². The number of benzene rings is 2. The van der Waals surface area contributed by atoms with Gasteiger partial charge < -0.3 is 14.3 Å². The zero-order valence-corrected chi connectivity index (χ0v) is 19.6. The van der Waals surface area contributed by atoms with E-state index in [0.717, 1.165) is 11.0 Å². The first-order chi connectivity index (χ1) is 16.2. The van der Waals surface area contributed by atoms with Crippen molar-refractivity contribution in [3.63, 3.8) is 0 Å². The SMILES string of the molecule is Cc1ccc(C2/C(=C(/O)c3cccc(OCC(C)C)c3)C(=O)C(=O)N2c2ccc(F)c(Cl)c2)o1. The maximum atomic E-state index is 13.8. The molecule has 1 aromatic heterocycles.